The highest BCUT2D eigenvalue weighted by Crippen LogP contribution is 2.40. The van der Waals surface area contributed by atoms with Gasteiger partial charge in [0.15, 0.2) is 17.2 Å². The van der Waals surface area contributed by atoms with Crippen molar-refractivity contribution < 1.29 is 5.11 Å². The number of benzene rings is 2. The SMILES string of the molecule is Nc1ccc2c(c1)[C@H](O)n1nc(-c3ccccc3)nc1S2. The van der Waals surface area contributed by atoms with Crippen LogP contribution in [0.15, 0.2) is 58.6 Å². The van der Waals surface area contributed by atoms with Crippen LogP contribution >= 0.6 is 11.8 Å². The molecule has 21 heavy (non-hydrogen) atoms. The van der Waals surface area contributed by atoms with Gasteiger partial charge in [-0.2, -0.15) is 0 Å². The summed E-state index contributed by atoms with van der Waals surface area (Å²) in [5, 5.41) is 15.6. The molecule has 1 atom stereocenters. The summed E-state index contributed by atoms with van der Waals surface area (Å²) in [6.45, 7) is 0. The van der Waals surface area contributed by atoms with Gasteiger partial charge in [0.05, 0.1) is 0 Å². The lowest BCUT2D eigenvalue weighted by molar-refractivity contribution is 0.116. The maximum atomic E-state index is 10.5. The normalized spacial score (nSPS) is 16.3. The second-order valence-corrected chi connectivity index (χ2v) is 5.81. The number of rotatable bonds is 1. The lowest BCUT2D eigenvalue weighted by Crippen LogP contribution is -2.17. The van der Waals surface area contributed by atoms with Gasteiger partial charge >= 0.3 is 0 Å². The van der Waals surface area contributed by atoms with E-state index in [4.69, 9.17) is 5.73 Å². The number of aromatic nitrogens is 3. The third-order valence-electron chi connectivity index (χ3n) is 3.38. The van der Waals surface area contributed by atoms with Crippen molar-refractivity contribution in [2.24, 2.45) is 0 Å². The van der Waals surface area contributed by atoms with E-state index < -0.39 is 6.23 Å². The zero-order chi connectivity index (χ0) is 14.4. The van der Waals surface area contributed by atoms with Gasteiger partial charge in [-0.1, -0.05) is 30.3 Å². The fraction of sp³-hybridized carbons (Fsp3) is 0.0667. The molecule has 0 bridgehead atoms. The van der Waals surface area contributed by atoms with Crippen LogP contribution in [0.4, 0.5) is 5.69 Å². The van der Waals surface area contributed by atoms with Crippen LogP contribution in [0.25, 0.3) is 11.4 Å². The zero-order valence-corrected chi connectivity index (χ0v) is 11.8. The molecule has 0 spiro atoms. The number of anilines is 1. The Morgan fingerprint density at radius 1 is 1.14 bits per heavy atom. The Hall–Kier alpha value is -2.31. The molecule has 0 unspecified atom stereocenters. The molecule has 3 N–H and O–H groups in total. The average Bonchev–Trinajstić information content (AvgIpc) is 2.94. The molecule has 0 aliphatic carbocycles. The van der Waals surface area contributed by atoms with Gasteiger partial charge in [-0.3, -0.25) is 0 Å². The van der Waals surface area contributed by atoms with Gasteiger partial charge in [0.1, 0.15) is 0 Å². The number of hydrogen-bond donors (Lipinski definition) is 2. The first-order valence-corrected chi connectivity index (χ1v) is 7.31. The van der Waals surface area contributed by atoms with Crippen LogP contribution in [0.1, 0.15) is 11.8 Å². The van der Waals surface area contributed by atoms with E-state index in [1.807, 2.05) is 42.5 Å². The molecular formula is C15H12N4OS. The number of nitrogens with two attached hydrogens (primary N) is 1. The molecule has 1 aliphatic rings. The van der Waals surface area contributed by atoms with Crippen molar-refractivity contribution in [1.29, 1.82) is 0 Å². The number of nitrogens with zero attached hydrogens (tertiary/aromatic N) is 3. The maximum Gasteiger partial charge on any atom is 0.194 e. The molecular weight excluding hydrogens is 284 g/mol. The molecule has 0 fully saturated rings. The largest absolute Gasteiger partial charge is 0.399 e. The Bertz CT molecular complexity index is 816. The summed E-state index contributed by atoms with van der Waals surface area (Å²) in [7, 11) is 0. The van der Waals surface area contributed by atoms with Crippen LogP contribution in [0.5, 0.6) is 0 Å². The summed E-state index contributed by atoms with van der Waals surface area (Å²) in [6, 6.07) is 15.2. The highest BCUT2D eigenvalue weighted by atomic mass is 32.2. The van der Waals surface area contributed by atoms with Crippen LogP contribution in [0.3, 0.4) is 0 Å². The van der Waals surface area contributed by atoms with Crippen molar-refractivity contribution >= 4 is 17.4 Å². The summed E-state index contributed by atoms with van der Waals surface area (Å²) < 4.78 is 1.54. The standard InChI is InChI=1S/C15H12N4OS/c16-10-6-7-12-11(8-10)14(20)19-15(21-12)17-13(18-19)9-4-2-1-3-5-9/h1-8,14,20H,16H2/t14-/m0/s1. The van der Waals surface area contributed by atoms with Crippen molar-refractivity contribution in [3.05, 3.63) is 54.1 Å². The molecule has 1 aromatic heterocycles. The maximum absolute atomic E-state index is 10.5. The van der Waals surface area contributed by atoms with Gasteiger partial charge in [0, 0.05) is 21.7 Å². The van der Waals surface area contributed by atoms with Gasteiger partial charge in [-0.15, -0.1) is 5.10 Å². The van der Waals surface area contributed by atoms with E-state index in [0.717, 1.165) is 16.0 Å². The summed E-state index contributed by atoms with van der Waals surface area (Å²) in [5.74, 6) is 0.609. The fourth-order valence-electron chi connectivity index (χ4n) is 2.34. The van der Waals surface area contributed by atoms with Crippen LogP contribution in [-0.4, -0.2) is 19.9 Å². The molecule has 0 saturated heterocycles. The van der Waals surface area contributed by atoms with Crippen LogP contribution < -0.4 is 5.73 Å². The number of hydrogen-bond acceptors (Lipinski definition) is 5. The Balaban J connectivity index is 1.81. The van der Waals surface area contributed by atoms with E-state index in [1.165, 1.54) is 16.4 Å². The van der Waals surface area contributed by atoms with Crippen molar-refractivity contribution in [3.8, 4) is 11.4 Å². The Kier molecular flexibility index (Phi) is 2.73. The summed E-state index contributed by atoms with van der Waals surface area (Å²) in [6.07, 6.45) is -0.857. The predicted molar refractivity (Wildman–Crippen MR) is 80.8 cm³/mol. The fourth-order valence-corrected chi connectivity index (χ4v) is 3.32. The topological polar surface area (TPSA) is 77.0 Å². The number of fused-ring (bicyclic) bond motifs is 2. The summed E-state index contributed by atoms with van der Waals surface area (Å²) in [4.78, 5) is 5.47. The van der Waals surface area contributed by atoms with Crippen molar-refractivity contribution in [2.75, 3.05) is 5.73 Å². The zero-order valence-electron chi connectivity index (χ0n) is 11.0. The monoisotopic (exact) mass is 296 g/mol. The van der Waals surface area contributed by atoms with E-state index in [0.29, 0.717) is 16.7 Å². The molecule has 3 aromatic rings. The Morgan fingerprint density at radius 3 is 2.76 bits per heavy atom. The smallest absolute Gasteiger partial charge is 0.194 e. The van der Waals surface area contributed by atoms with Crippen molar-refractivity contribution in [3.63, 3.8) is 0 Å². The first-order chi connectivity index (χ1) is 10.2. The molecule has 2 aromatic carbocycles. The Morgan fingerprint density at radius 2 is 1.95 bits per heavy atom. The predicted octanol–water partition coefficient (Wildman–Crippen LogP) is 2.53. The first-order valence-electron chi connectivity index (χ1n) is 6.50. The number of aliphatic hydroxyl groups is 1. The second-order valence-electron chi connectivity index (χ2n) is 4.80. The van der Waals surface area contributed by atoms with Gasteiger partial charge in [-0.05, 0) is 30.0 Å². The molecule has 0 amide bonds. The average molecular weight is 296 g/mol. The molecule has 5 nitrogen and oxygen atoms in total. The molecule has 104 valence electrons. The van der Waals surface area contributed by atoms with E-state index in [2.05, 4.69) is 10.1 Å². The minimum atomic E-state index is -0.857. The minimum absolute atomic E-state index is 0.609. The second kappa shape index (κ2) is 4.61. The highest BCUT2D eigenvalue weighted by Gasteiger charge is 2.27. The van der Waals surface area contributed by atoms with E-state index in [-0.39, 0.29) is 0 Å². The first kappa shape index (κ1) is 12.4. The number of nitrogen functional groups attached to an aromatic ring is 1. The minimum Gasteiger partial charge on any atom is -0.399 e. The lowest BCUT2D eigenvalue weighted by atomic mass is 10.1. The summed E-state index contributed by atoms with van der Waals surface area (Å²) >= 11 is 1.48. The van der Waals surface area contributed by atoms with Crippen LogP contribution in [0.2, 0.25) is 0 Å². The molecule has 2 heterocycles. The highest BCUT2D eigenvalue weighted by molar-refractivity contribution is 7.99. The molecule has 0 saturated carbocycles. The van der Waals surface area contributed by atoms with Crippen LogP contribution in [-0.2, 0) is 0 Å². The summed E-state index contributed by atoms with van der Waals surface area (Å²) in [5.41, 5.74) is 8.11. The third kappa shape index (κ3) is 2.00. The van der Waals surface area contributed by atoms with E-state index >= 15 is 0 Å². The van der Waals surface area contributed by atoms with Gasteiger partial charge in [0.25, 0.3) is 0 Å². The van der Waals surface area contributed by atoms with E-state index in [9.17, 15) is 5.11 Å². The molecule has 6 heteroatoms. The van der Waals surface area contributed by atoms with Crippen LogP contribution in [0, 0.1) is 0 Å². The van der Waals surface area contributed by atoms with Gasteiger partial charge in [0.2, 0.25) is 0 Å². The van der Waals surface area contributed by atoms with Crippen molar-refractivity contribution in [1.82, 2.24) is 14.8 Å². The third-order valence-corrected chi connectivity index (χ3v) is 4.43. The van der Waals surface area contributed by atoms with E-state index in [1.54, 1.807) is 6.07 Å². The van der Waals surface area contributed by atoms with Crippen molar-refractivity contribution in [2.45, 2.75) is 16.3 Å². The number of aliphatic hydroxyl groups excluding tert-OH is 1. The lowest BCUT2D eigenvalue weighted by Gasteiger charge is -2.21. The molecule has 0 radical (unpaired) electrons. The molecule has 4 rings (SSSR count). The van der Waals surface area contributed by atoms with Gasteiger partial charge in [-0.25, -0.2) is 9.67 Å². The molecule has 1 aliphatic heterocycles. The quantitative estimate of drug-likeness (QED) is 0.675. The Labute approximate surface area is 125 Å². The van der Waals surface area contributed by atoms with Gasteiger partial charge < -0.3 is 10.8 Å².